The summed E-state index contributed by atoms with van der Waals surface area (Å²) in [6, 6.07) is 16.0. The van der Waals surface area contributed by atoms with E-state index < -0.39 is 0 Å². The van der Waals surface area contributed by atoms with Crippen LogP contribution in [0, 0.1) is 0 Å². The van der Waals surface area contributed by atoms with E-state index in [1.165, 1.54) is 5.39 Å². The Hall–Kier alpha value is -2.68. The summed E-state index contributed by atoms with van der Waals surface area (Å²) in [6.45, 7) is 0. The number of nitrogens with zero attached hydrogens (tertiary/aromatic N) is 2. The molecule has 0 aliphatic rings. The molecule has 19 heavy (non-hydrogen) atoms. The first-order valence-electron chi connectivity index (χ1n) is 6.10. The van der Waals surface area contributed by atoms with Gasteiger partial charge >= 0.3 is 0 Å². The quantitative estimate of drug-likeness (QED) is 0.508. The van der Waals surface area contributed by atoms with Gasteiger partial charge in [-0.25, -0.2) is 4.98 Å². The molecule has 90 valence electrons. The highest BCUT2D eigenvalue weighted by atomic mass is 16.3. The summed E-state index contributed by atoms with van der Waals surface area (Å²) in [5.41, 5.74) is 2.59. The molecule has 0 bridgehead atoms. The van der Waals surface area contributed by atoms with Crippen LogP contribution in [0.2, 0.25) is 0 Å². The Morgan fingerprint density at radius 3 is 2.74 bits per heavy atom. The van der Waals surface area contributed by atoms with Crippen LogP contribution < -0.4 is 0 Å². The van der Waals surface area contributed by atoms with E-state index in [9.17, 15) is 0 Å². The van der Waals surface area contributed by atoms with E-state index in [0.717, 1.165) is 22.0 Å². The molecule has 0 saturated heterocycles. The van der Waals surface area contributed by atoms with Gasteiger partial charge in [-0.3, -0.25) is 4.98 Å². The zero-order chi connectivity index (χ0) is 12.7. The van der Waals surface area contributed by atoms with E-state index in [2.05, 4.69) is 28.2 Å². The molecule has 0 aliphatic heterocycles. The largest absolute Gasteiger partial charge is 0.436 e. The first-order valence-corrected chi connectivity index (χ1v) is 6.10. The fourth-order valence-electron chi connectivity index (χ4n) is 2.27. The molecule has 4 rings (SSSR count). The van der Waals surface area contributed by atoms with Crippen LogP contribution in [-0.2, 0) is 0 Å². The van der Waals surface area contributed by atoms with E-state index in [0.29, 0.717) is 5.89 Å². The third-order valence-corrected chi connectivity index (χ3v) is 3.19. The van der Waals surface area contributed by atoms with Gasteiger partial charge in [0.25, 0.3) is 0 Å². The maximum Gasteiger partial charge on any atom is 0.228 e. The molecule has 2 heterocycles. The highest BCUT2D eigenvalue weighted by molar-refractivity contribution is 6.03. The summed E-state index contributed by atoms with van der Waals surface area (Å²) < 4.78 is 5.81. The Labute approximate surface area is 109 Å². The monoisotopic (exact) mass is 246 g/mol. The Morgan fingerprint density at radius 1 is 0.895 bits per heavy atom. The Morgan fingerprint density at radius 2 is 1.84 bits per heavy atom. The standard InChI is InChI=1S/C16H10N2O/c1-2-6-13-11(4-1)7-8-14-15(13)18-16(19-14)12-5-3-9-17-10-12/h1-10H. The van der Waals surface area contributed by atoms with Gasteiger partial charge < -0.3 is 4.42 Å². The molecule has 0 unspecified atom stereocenters. The van der Waals surface area contributed by atoms with Crippen LogP contribution in [0.1, 0.15) is 0 Å². The smallest absolute Gasteiger partial charge is 0.228 e. The summed E-state index contributed by atoms with van der Waals surface area (Å²) in [5.74, 6) is 0.611. The van der Waals surface area contributed by atoms with Crippen molar-refractivity contribution in [3.8, 4) is 11.5 Å². The minimum absolute atomic E-state index is 0.611. The topological polar surface area (TPSA) is 38.9 Å². The van der Waals surface area contributed by atoms with Crippen molar-refractivity contribution in [2.45, 2.75) is 0 Å². The van der Waals surface area contributed by atoms with Crippen molar-refractivity contribution in [3.05, 3.63) is 60.9 Å². The summed E-state index contributed by atoms with van der Waals surface area (Å²) in [7, 11) is 0. The van der Waals surface area contributed by atoms with Gasteiger partial charge in [0.1, 0.15) is 5.52 Å². The molecule has 0 fully saturated rings. The van der Waals surface area contributed by atoms with Crippen molar-refractivity contribution < 1.29 is 4.42 Å². The van der Waals surface area contributed by atoms with Crippen molar-refractivity contribution in [2.24, 2.45) is 0 Å². The number of benzene rings is 2. The highest BCUT2D eigenvalue weighted by Gasteiger charge is 2.10. The van der Waals surface area contributed by atoms with Crippen molar-refractivity contribution in [3.63, 3.8) is 0 Å². The lowest BCUT2D eigenvalue weighted by Gasteiger charge is -1.95. The van der Waals surface area contributed by atoms with Crippen LogP contribution >= 0.6 is 0 Å². The van der Waals surface area contributed by atoms with Crippen LogP contribution in [0.25, 0.3) is 33.3 Å². The van der Waals surface area contributed by atoms with Crippen molar-refractivity contribution in [2.75, 3.05) is 0 Å². The molecule has 4 aromatic rings. The fourth-order valence-corrected chi connectivity index (χ4v) is 2.27. The van der Waals surface area contributed by atoms with Crippen LogP contribution in [0.4, 0.5) is 0 Å². The maximum absolute atomic E-state index is 5.81. The molecule has 0 atom stereocenters. The summed E-state index contributed by atoms with van der Waals surface area (Å²) in [6.07, 6.45) is 3.49. The average Bonchev–Trinajstić information content (AvgIpc) is 2.93. The van der Waals surface area contributed by atoms with E-state index in [1.54, 1.807) is 12.4 Å². The fraction of sp³-hybridized carbons (Fsp3) is 0. The van der Waals surface area contributed by atoms with E-state index in [-0.39, 0.29) is 0 Å². The zero-order valence-corrected chi connectivity index (χ0v) is 10.1. The first kappa shape index (κ1) is 10.3. The summed E-state index contributed by atoms with van der Waals surface area (Å²) in [5, 5.41) is 2.28. The molecule has 0 spiro atoms. The second kappa shape index (κ2) is 3.92. The molecule has 2 aromatic heterocycles. The van der Waals surface area contributed by atoms with Crippen LogP contribution in [0.5, 0.6) is 0 Å². The van der Waals surface area contributed by atoms with Crippen molar-refractivity contribution >= 4 is 21.9 Å². The highest BCUT2D eigenvalue weighted by Crippen LogP contribution is 2.29. The molecule has 0 aliphatic carbocycles. The predicted molar refractivity (Wildman–Crippen MR) is 74.7 cm³/mol. The Kier molecular flexibility index (Phi) is 2.12. The SMILES string of the molecule is c1cncc(-c2nc3c(ccc4ccccc43)o2)c1. The number of rotatable bonds is 1. The van der Waals surface area contributed by atoms with Gasteiger partial charge in [-0.15, -0.1) is 0 Å². The molecule has 3 heteroatoms. The Balaban J connectivity index is 2.04. The molecule has 0 radical (unpaired) electrons. The average molecular weight is 246 g/mol. The molecule has 3 nitrogen and oxygen atoms in total. The second-order valence-electron chi connectivity index (χ2n) is 4.39. The molecular weight excluding hydrogens is 236 g/mol. The van der Waals surface area contributed by atoms with Crippen LogP contribution in [0.3, 0.4) is 0 Å². The van der Waals surface area contributed by atoms with Gasteiger partial charge in [-0.1, -0.05) is 30.3 Å². The van der Waals surface area contributed by atoms with Gasteiger partial charge in [-0.05, 0) is 23.6 Å². The van der Waals surface area contributed by atoms with Crippen molar-refractivity contribution in [1.82, 2.24) is 9.97 Å². The summed E-state index contributed by atoms with van der Waals surface area (Å²) >= 11 is 0. The van der Waals surface area contributed by atoms with E-state index >= 15 is 0 Å². The minimum atomic E-state index is 0.611. The minimum Gasteiger partial charge on any atom is -0.436 e. The number of pyridine rings is 1. The number of oxazole rings is 1. The van der Waals surface area contributed by atoms with Gasteiger partial charge in [0.15, 0.2) is 5.58 Å². The first-order chi connectivity index (χ1) is 9.42. The summed E-state index contributed by atoms with van der Waals surface area (Å²) in [4.78, 5) is 8.70. The van der Waals surface area contributed by atoms with Gasteiger partial charge in [-0.2, -0.15) is 0 Å². The molecule has 0 saturated carbocycles. The van der Waals surface area contributed by atoms with Gasteiger partial charge in [0.05, 0.1) is 5.56 Å². The number of aromatic nitrogens is 2. The number of hydrogen-bond donors (Lipinski definition) is 0. The lowest BCUT2D eigenvalue weighted by molar-refractivity contribution is 0.619. The van der Waals surface area contributed by atoms with Crippen LogP contribution in [-0.4, -0.2) is 9.97 Å². The number of hydrogen-bond acceptors (Lipinski definition) is 3. The maximum atomic E-state index is 5.81. The molecule has 0 amide bonds. The van der Waals surface area contributed by atoms with Crippen molar-refractivity contribution in [1.29, 1.82) is 0 Å². The molecular formula is C16H10N2O. The lowest BCUT2D eigenvalue weighted by atomic mass is 10.1. The predicted octanol–water partition coefficient (Wildman–Crippen LogP) is 4.04. The van der Waals surface area contributed by atoms with Crippen LogP contribution in [0.15, 0.2) is 65.3 Å². The molecule has 0 N–H and O–H groups in total. The normalized spacial score (nSPS) is 11.2. The van der Waals surface area contributed by atoms with E-state index in [1.807, 2.05) is 30.3 Å². The zero-order valence-electron chi connectivity index (χ0n) is 10.1. The van der Waals surface area contributed by atoms with Gasteiger partial charge in [0, 0.05) is 17.8 Å². The lowest BCUT2D eigenvalue weighted by Crippen LogP contribution is -1.78. The Bertz CT molecular complexity index is 866. The third kappa shape index (κ3) is 1.59. The second-order valence-corrected chi connectivity index (χ2v) is 4.39. The number of fused-ring (bicyclic) bond motifs is 3. The van der Waals surface area contributed by atoms with E-state index in [4.69, 9.17) is 4.42 Å². The van der Waals surface area contributed by atoms with Gasteiger partial charge in [0.2, 0.25) is 5.89 Å². The third-order valence-electron chi connectivity index (χ3n) is 3.19. The molecule has 2 aromatic carbocycles.